The molecule has 2 aromatic rings. The first kappa shape index (κ1) is 20.2. The zero-order valence-corrected chi connectivity index (χ0v) is 18.1. The van der Waals surface area contributed by atoms with Crippen LogP contribution in [0.25, 0.3) is 0 Å². The molecule has 2 fully saturated rings. The van der Waals surface area contributed by atoms with Crippen molar-refractivity contribution in [3.05, 3.63) is 65.5 Å². The fourth-order valence-electron chi connectivity index (χ4n) is 5.66. The fourth-order valence-corrected chi connectivity index (χ4v) is 5.66. The molecule has 1 aromatic carbocycles. The average molecular weight is 406 g/mol. The topological polar surface area (TPSA) is 28.6 Å². The molecule has 30 heavy (non-hydrogen) atoms. The van der Waals surface area contributed by atoms with Gasteiger partial charge in [-0.3, -0.25) is 14.8 Å². The van der Waals surface area contributed by atoms with E-state index in [-0.39, 0.29) is 0 Å². The zero-order chi connectivity index (χ0) is 20.2. The maximum Gasteiger partial charge on any atom is 0.0702 e. The van der Waals surface area contributed by atoms with Gasteiger partial charge in [0.1, 0.15) is 0 Å². The minimum atomic E-state index is 0.408. The van der Waals surface area contributed by atoms with Crippen LogP contribution >= 0.6 is 0 Å². The molecule has 5 rings (SSSR count). The van der Waals surface area contributed by atoms with Crippen molar-refractivity contribution in [3.8, 4) is 0 Å². The highest BCUT2D eigenvalue weighted by Gasteiger charge is 2.30. The molecule has 0 bridgehead atoms. The summed E-state index contributed by atoms with van der Waals surface area (Å²) in [6, 6.07) is 16.0. The highest BCUT2D eigenvalue weighted by Crippen LogP contribution is 2.29. The van der Waals surface area contributed by atoms with Gasteiger partial charge in [0.25, 0.3) is 0 Å². The Kier molecular flexibility index (Phi) is 6.45. The molecule has 0 spiro atoms. The molecule has 4 nitrogen and oxygen atoms in total. The van der Waals surface area contributed by atoms with Gasteiger partial charge in [0.05, 0.1) is 11.8 Å². The number of pyridine rings is 1. The second-order valence-corrected chi connectivity index (χ2v) is 9.46. The van der Waals surface area contributed by atoms with Gasteiger partial charge >= 0.3 is 0 Å². The van der Waals surface area contributed by atoms with E-state index in [0.717, 1.165) is 31.7 Å². The number of aromatic nitrogens is 1. The third-order valence-electron chi connectivity index (χ3n) is 7.31. The molecule has 1 atom stereocenters. The molecule has 2 saturated heterocycles. The minimum absolute atomic E-state index is 0.408. The number of nitrogens with zero attached hydrogens (tertiary/aromatic N) is 3. The molecule has 2 aliphatic heterocycles. The van der Waals surface area contributed by atoms with E-state index in [1.807, 2.05) is 12.3 Å². The van der Waals surface area contributed by atoms with Crippen molar-refractivity contribution in [2.75, 3.05) is 32.8 Å². The van der Waals surface area contributed by atoms with Gasteiger partial charge in [-0.25, -0.2) is 0 Å². The number of ether oxygens (including phenoxy) is 1. The fraction of sp³-hybridized carbons (Fsp3) is 0.577. The molecule has 0 saturated carbocycles. The standard InChI is InChI=1S/C26H35N3O/c1-2-7-23-17-25(16-22(23)6-1)29-13-10-21(11-14-29)18-28(20-26-9-5-15-30-26)19-24-8-3-4-12-27-24/h1-4,6-8,12,21,25-26H,5,9-11,13-20H2/t26-/m0/s1. The molecule has 3 aliphatic rings. The molecular weight excluding hydrogens is 370 g/mol. The SMILES string of the molecule is c1ccc(CN(CC2CCN(C3Cc4ccccc4C3)CC2)C[C@@H]2CCCO2)nc1. The average Bonchev–Trinajstić information content (AvgIpc) is 3.44. The molecule has 0 N–H and O–H groups in total. The molecule has 0 radical (unpaired) electrons. The first-order valence-corrected chi connectivity index (χ1v) is 11.9. The Morgan fingerprint density at radius 1 is 0.933 bits per heavy atom. The Hall–Kier alpha value is -1.75. The van der Waals surface area contributed by atoms with Crippen LogP contribution in [0, 0.1) is 5.92 Å². The van der Waals surface area contributed by atoms with Crippen LogP contribution in [-0.2, 0) is 24.1 Å². The monoisotopic (exact) mass is 405 g/mol. The number of fused-ring (bicyclic) bond motifs is 1. The number of piperidine rings is 1. The van der Waals surface area contributed by atoms with Gasteiger partial charge in [-0.2, -0.15) is 0 Å². The van der Waals surface area contributed by atoms with E-state index in [4.69, 9.17) is 4.74 Å². The third-order valence-corrected chi connectivity index (χ3v) is 7.31. The summed E-state index contributed by atoms with van der Waals surface area (Å²) < 4.78 is 5.96. The van der Waals surface area contributed by atoms with Gasteiger partial charge < -0.3 is 4.74 Å². The van der Waals surface area contributed by atoms with Gasteiger partial charge in [0.2, 0.25) is 0 Å². The summed E-state index contributed by atoms with van der Waals surface area (Å²) in [5.41, 5.74) is 4.32. The summed E-state index contributed by atoms with van der Waals surface area (Å²) in [5, 5.41) is 0. The van der Waals surface area contributed by atoms with Crippen molar-refractivity contribution in [1.29, 1.82) is 0 Å². The quantitative estimate of drug-likeness (QED) is 0.698. The van der Waals surface area contributed by atoms with Gasteiger partial charge in [-0.15, -0.1) is 0 Å². The molecule has 0 amide bonds. The van der Waals surface area contributed by atoms with Crippen LogP contribution in [0.15, 0.2) is 48.7 Å². The summed E-state index contributed by atoms with van der Waals surface area (Å²) in [6.45, 7) is 6.61. The molecule has 1 aromatic heterocycles. The summed E-state index contributed by atoms with van der Waals surface area (Å²) in [4.78, 5) is 9.96. The number of likely N-dealkylation sites (tertiary alicyclic amines) is 1. The Bertz CT molecular complexity index is 772. The number of hydrogen-bond acceptors (Lipinski definition) is 4. The normalized spacial score (nSPS) is 23.3. The van der Waals surface area contributed by atoms with Crippen LogP contribution < -0.4 is 0 Å². The van der Waals surface area contributed by atoms with Crippen LogP contribution in [0.2, 0.25) is 0 Å². The Morgan fingerprint density at radius 2 is 1.70 bits per heavy atom. The zero-order valence-electron chi connectivity index (χ0n) is 18.1. The molecule has 4 heteroatoms. The summed E-state index contributed by atoms with van der Waals surface area (Å²) in [5.74, 6) is 0.787. The van der Waals surface area contributed by atoms with E-state index in [9.17, 15) is 0 Å². The summed E-state index contributed by atoms with van der Waals surface area (Å²) in [6.07, 6.45) is 9.86. The summed E-state index contributed by atoms with van der Waals surface area (Å²) >= 11 is 0. The van der Waals surface area contributed by atoms with E-state index >= 15 is 0 Å². The summed E-state index contributed by atoms with van der Waals surface area (Å²) in [7, 11) is 0. The molecule has 160 valence electrons. The molecule has 0 unspecified atom stereocenters. The van der Waals surface area contributed by atoms with Crippen molar-refractivity contribution < 1.29 is 4.74 Å². The third kappa shape index (κ3) is 4.93. The van der Waals surface area contributed by atoms with Crippen LogP contribution in [0.5, 0.6) is 0 Å². The van der Waals surface area contributed by atoms with Crippen molar-refractivity contribution in [2.24, 2.45) is 5.92 Å². The van der Waals surface area contributed by atoms with E-state index in [2.05, 4.69) is 51.2 Å². The maximum atomic E-state index is 5.96. The minimum Gasteiger partial charge on any atom is -0.377 e. The lowest BCUT2D eigenvalue weighted by Gasteiger charge is -2.38. The van der Waals surface area contributed by atoms with Gasteiger partial charge in [-0.05, 0) is 80.8 Å². The predicted molar refractivity (Wildman–Crippen MR) is 120 cm³/mol. The largest absolute Gasteiger partial charge is 0.377 e. The Balaban J connectivity index is 1.15. The highest BCUT2D eigenvalue weighted by atomic mass is 16.5. The maximum absolute atomic E-state index is 5.96. The smallest absolute Gasteiger partial charge is 0.0702 e. The van der Waals surface area contributed by atoms with E-state index in [1.165, 1.54) is 63.9 Å². The van der Waals surface area contributed by atoms with Crippen LogP contribution in [0.3, 0.4) is 0 Å². The van der Waals surface area contributed by atoms with Crippen molar-refractivity contribution in [1.82, 2.24) is 14.8 Å². The van der Waals surface area contributed by atoms with Gasteiger partial charge in [0.15, 0.2) is 0 Å². The number of rotatable bonds is 7. The molecular formula is C26H35N3O. The van der Waals surface area contributed by atoms with E-state index < -0.39 is 0 Å². The molecule has 1 aliphatic carbocycles. The lowest BCUT2D eigenvalue weighted by molar-refractivity contribution is 0.0537. The van der Waals surface area contributed by atoms with E-state index in [0.29, 0.717) is 6.10 Å². The lowest BCUT2D eigenvalue weighted by atomic mass is 9.94. The second-order valence-electron chi connectivity index (χ2n) is 9.46. The van der Waals surface area contributed by atoms with Crippen LogP contribution in [0.4, 0.5) is 0 Å². The second kappa shape index (κ2) is 9.59. The first-order chi connectivity index (χ1) is 14.8. The van der Waals surface area contributed by atoms with Crippen LogP contribution in [0.1, 0.15) is 42.5 Å². The van der Waals surface area contributed by atoms with Crippen molar-refractivity contribution >= 4 is 0 Å². The van der Waals surface area contributed by atoms with Gasteiger partial charge in [0, 0.05) is 38.5 Å². The van der Waals surface area contributed by atoms with Crippen LogP contribution in [-0.4, -0.2) is 59.7 Å². The molecule has 3 heterocycles. The predicted octanol–water partition coefficient (Wildman–Crippen LogP) is 3.94. The Labute approximate surface area is 181 Å². The van der Waals surface area contributed by atoms with Gasteiger partial charge in [-0.1, -0.05) is 30.3 Å². The van der Waals surface area contributed by atoms with Crippen molar-refractivity contribution in [2.45, 2.75) is 57.2 Å². The lowest BCUT2D eigenvalue weighted by Crippen LogP contribution is -2.44. The highest BCUT2D eigenvalue weighted by molar-refractivity contribution is 5.33. The first-order valence-electron chi connectivity index (χ1n) is 11.9. The Morgan fingerprint density at radius 3 is 2.37 bits per heavy atom. The number of hydrogen-bond donors (Lipinski definition) is 0. The number of benzene rings is 1. The van der Waals surface area contributed by atoms with E-state index in [1.54, 1.807) is 11.1 Å². The van der Waals surface area contributed by atoms with Crippen molar-refractivity contribution in [3.63, 3.8) is 0 Å².